The second-order valence-electron chi connectivity index (χ2n) is 4.29. The Morgan fingerprint density at radius 2 is 2.10 bits per heavy atom. The van der Waals surface area contributed by atoms with E-state index in [0.29, 0.717) is 11.3 Å². The first-order valence-corrected chi connectivity index (χ1v) is 6.11. The fourth-order valence-electron chi connectivity index (χ4n) is 2.08. The zero-order chi connectivity index (χ0) is 14.9. The van der Waals surface area contributed by atoms with E-state index in [1.807, 2.05) is 0 Å². The molecule has 20 heavy (non-hydrogen) atoms. The van der Waals surface area contributed by atoms with Crippen LogP contribution in [0.5, 0.6) is 0 Å². The van der Waals surface area contributed by atoms with E-state index in [2.05, 4.69) is 5.10 Å². The summed E-state index contributed by atoms with van der Waals surface area (Å²) < 4.78 is 33.1. The lowest BCUT2D eigenvalue weighted by atomic mass is 10.1. The third-order valence-electron chi connectivity index (χ3n) is 2.94. The number of ether oxygens (including phenoxy) is 1. The zero-order valence-electron chi connectivity index (χ0n) is 11.4. The van der Waals surface area contributed by atoms with Crippen LogP contribution >= 0.6 is 0 Å². The van der Waals surface area contributed by atoms with Crippen molar-refractivity contribution in [2.24, 2.45) is 7.05 Å². The van der Waals surface area contributed by atoms with Crippen LogP contribution in [-0.2, 0) is 11.8 Å². The van der Waals surface area contributed by atoms with Crippen molar-refractivity contribution in [2.45, 2.75) is 13.8 Å². The molecule has 1 aromatic carbocycles. The van der Waals surface area contributed by atoms with E-state index in [4.69, 9.17) is 4.74 Å². The van der Waals surface area contributed by atoms with Gasteiger partial charge in [0.15, 0.2) is 5.69 Å². The Labute approximate surface area is 115 Å². The third kappa shape index (κ3) is 2.41. The molecule has 0 unspecified atom stereocenters. The van der Waals surface area contributed by atoms with Crippen LogP contribution in [0.3, 0.4) is 0 Å². The van der Waals surface area contributed by atoms with Gasteiger partial charge in [-0.25, -0.2) is 13.6 Å². The minimum absolute atomic E-state index is 0.132. The molecule has 0 bridgehead atoms. The summed E-state index contributed by atoms with van der Waals surface area (Å²) in [5.41, 5.74) is 1.24. The lowest BCUT2D eigenvalue weighted by Crippen LogP contribution is -2.07. The highest BCUT2D eigenvalue weighted by Crippen LogP contribution is 2.28. The lowest BCUT2D eigenvalue weighted by molar-refractivity contribution is 0.0517. The van der Waals surface area contributed by atoms with E-state index >= 15 is 0 Å². The first-order chi connectivity index (χ1) is 9.45. The van der Waals surface area contributed by atoms with Crippen molar-refractivity contribution in [1.29, 1.82) is 0 Å². The first kappa shape index (κ1) is 14.2. The van der Waals surface area contributed by atoms with Gasteiger partial charge in [0.05, 0.1) is 12.3 Å². The Balaban J connectivity index is 2.55. The average Bonchev–Trinajstić information content (AvgIpc) is 2.66. The van der Waals surface area contributed by atoms with Gasteiger partial charge < -0.3 is 4.74 Å². The summed E-state index contributed by atoms with van der Waals surface area (Å²) in [5.74, 6) is -1.92. The molecule has 0 fully saturated rings. The van der Waals surface area contributed by atoms with Crippen LogP contribution in [-0.4, -0.2) is 22.4 Å². The topological polar surface area (TPSA) is 44.1 Å². The van der Waals surface area contributed by atoms with Crippen molar-refractivity contribution < 1.29 is 18.3 Å². The standard InChI is InChI=1S/C14H14F2N2O2/c1-4-20-14(19)12-8(2)13(18(3)17-12)10-6-5-9(15)7-11(10)16/h5-7H,4H2,1-3H3. The second-order valence-corrected chi connectivity index (χ2v) is 4.29. The summed E-state index contributed by atoms with van der Waals surface area (Å²) in [5, 5.41) is 4.05. The zero-order valence-corrected chi connectivity index (χ0v) is 11.4. The molecule has 0 saturated carbocycles. The predicted molar refractivity (Wildman–Crippen MR) is 69.3 cm³/mol. The highest BCUT2D eigenvalue weighted by molar-refractivity contribution is 5.91. The van der Waals surface area contributed by atoms with Crippen LogP contribution in [0.1, 0.15) is 23.0 Å². The number of benzene rings is 1. The number of nitrogens with zero attached hydrogens (tertiary/aromatic N) is 2. The Kier molecular flexibility index (Phi) is 3.83. The number of carbonyl (C=O) groups excluding carboxylic acids is 1. The third-order valence-corrected chi connectivity index (χ3v) is 2.94. The minimum Gasteiger partial charge on any atom is -0.461 e. The molecule has 2 rings (SSSR count). The Hall–Kier alpha value is -2.24. The van der Waals surface area contributed by atoms with Crippen molar-refractivity contribution in [3.05, 3.63) is 41.1 Å². The molecule has 4 nitrogen and oxygen atoms in total. The SMILES string of the molecule is CCOC(=O)c1nn(C)c(-c2ccc(F)cc2F)c1C. The molecular weight excluding hydrogens is 266 g/mol. The average molecular weight is 280 g/mol. The Morgan fingerprint density at radius 3 is 2.70 bits per heavy atom. The molecule has 0 aliphatic rings. The van der Waals surface area contributed by atoms with Gasteiger partial charge in [0.1, 0.15) is 11.6 Å². The van der Waals surface area contributed by atoms with Gasteiger partial charge in [-0.2, -0.15) is 5.10 Å². The summed E-state index contributed by atoms with van der Waals surface area (Å²) in [4.78, 5) is 11.7. The molecule has 0 spiro atoms. The fraction of sp³-hybridized carbons (Fsp3) is 0.286. The molecule has 0 saturated heterocycles. The van der Waals surface area contributed by atoms with E-state index in [1.54, 1.807) is 20.9 Å². The van der Waals surface area contributed by atoms with E-state index in [0.717, 1.165) is 12.1 Å². The van der Waals surface area contributed by atoms with Gasteiger partial charge in [0.25, 0.3) is 0 Å². The minimum atomic E-state index is -0.702. The Bertz CT molecular complexity index is 665. The van der Waals surface area contributed by atoms with Crippen molar-refractivity contribution in [1.82, 2.24) is 9.78 Å². The highest BCUT2D eigenvalue weighted by Gasteiger charge is 2.22. The molecule has 0 aliphatic carbocycles. The molecule has 0 amide bonds. The second kappa shape index (κ2) is 5.40. The number of aryl methyl sites for hydroxylation is 1. The van der Waals surface area contributed by atoms with E-state index < -0.39 is 17.6 Å². The molecule has 0 radical (unpaired) electrons. The van der Waals surface area contributed by atoms with Crippen molar-refractivity contribution in [2.75, 3.05) is 6.61 Å². The lowest BCUT2D eigenvalue weighted by Gasteiger charge is -2.05. The maximum absolute atomic E-state index is 13.9. The number of hydrogen-bond acceptors (Lipinski definition) is 3. The molecule has 1 aromatic heterocycles. The fourth-order valence-corrected chi connectivity index (χ4v) is 2.08. The molecule has 0 N–H and O–H groups in total. The number of hydrogen-bond donors (Lipinski definition) is 0. The van der Waals surface area contributed by atoms with Crippen LogP contribution in [0.15, 0.2) is 18.2 Å². The van der Waals surface area contributed by atoms with Crippen LogP contribution in [0, 0.1) is 18.6 Å². The molecular formula is C14H14F2N2O2. The van der Waals surface area contributed by atoms with Crippen molar-refractivity contribution in [3.63, 3.8) is 0 Å². The number of carbonyl (C=O) groups is 1. The Morgan fingerprint density at radius 1 is 1.40 bits per heavy atom. The molecule has 6 heteroatoms. The van der Waals surface area contributed by atoms with Gasteiger partial charge in [-0.15, -0.1) is 0 Å². The van der Waals surface area contributed by atoms with Gasteiger partial charge in [0, 0.05) is 24.2 Å². The van der Waals surface area contributed by atoms with Crippen LogP contribution < -0.4 is 0 Å². The van der Waals surface area contributed by atoms with Crippen molar-refractivity contribution in [3.8, 4) is 11.3 Å². The maximum atomic E-state index is 13.9. The molecule has 0 atom stereocenters. The summed E-state index contributed by atoms with van der Waals surface area (Å²) in [7, 11) is 1.59. The molecule has 0 aliphatic heterocycles. The van der Waals surface area contributed by atoms with Gasteiger partial charge in [-0.3, -0.25) is 4.68 Å². The predicted octanol–water partition coefficient (Wildman–Crippen LogP) is 2.85. The van der Waals surface area contributed by atoms with Gasteiger partial charge in [0.2, 0.25) is 0 Å². The number of esters is 1. The van der Waals surface area contributed by atoms with Crippen LogP contribution in [0.2, 0.25) is 0 Å². The van der Waals surface area contributed by atoms with E-state index in [9.17, 15) is 13.6 Å². The van der Waals surface area contributed by atoms with Gasteiger partial charge >= 0.3 is 5.97 Å². The van der Waals surface area contributed by atoms with Crippen molar-refractivity contribution >= 4 is 5.97 Å². The normalized spacial score (nSPS) is 10.7. The monoisotopic (exact) mass is 280 g/mol. The first-order valence-electron chi connectivity index (χ1n) is 6.11. The maximum Gasteiger partial charge on any atom is 0.359 e. The molecule has 2 aromatic rings. The highest BCUT2D eigenvalue weighted by atomic mass is 19.1. The van der Waals surface area contributed by atoms with E-state index in [-0.39, 0.29) is 17.9 Å². The summed E-state index contributed by atoms with van der Waals surface area (Å²) in [6.45, 7) is 3.57. The van der Waals surface area contributed by atoms with E-state index in [1.165, 1.54) is 10.7 Å². The molecule has 1 heterocycles. The number of aromatic nitrogens is 2. The summed E-state index contributed by atoms with van der Waals surface area (Å²) in [6.07, 6.45) is 0. The number of rotatable bonds is 3. The summed E-state index contributed by atoms with van der Waals surface area (Å²) >= 11 is 0. The quantitative estimate of drug-likeness (QED) is 0.812. The number of halogens is 2. The largest absolute Gasteiger partial charge is 0.461 e. The summed E-state index contributed by atoms with van der Waals surface area (Å²) in [6, 6.07) is 3.28. The van der Waals surface area contributed by atoms with Crippen LogP contribution in [0.25, 0.3) is 11.3 Å². The molecule has 106 valence electrons. The van der Waals surface area contributed by atoms with Crippen LogP contribution in [0.4, 0.5) is 8.78 Å². The smallest absolute Gasteiger partial charge is 0.359 e. The van der Waals surface area contributed by atoms with Gasteiger partial charge in [-0.1, -0.05) is 0 Å². The van der Waals surface area contributed by atoms with Gasteiger partial charge in [-0.05, 0) is 26.0 Å².